The first-order chi connectivity index (χ1) is 10.1. The van der Waals surface area contributed by atoms with E-state index in [4.69, 9.17) is 9.47 Å². The molecule has 0 N–H and O–H groups in total. The van der Waals surface area contributed by atoms with E-state index >= 15 is 0 Å². The van der Waals surface area contributed by atoms with Crippen LogP contribution >= 0.6 is 0 Å². The molecule has 0 spiro atoms. The van der Waals surface area contributed by atoms with Crippen molar-refractivity contribution in [1.82, 2.24) is 0 Å². The molecule has 21 heavy (non-hydrogen) atoms. The third kappa shape index (κ3) is 3.92. The summed E-state index contributed by atoms with van der Waals surface area (Å²) in [5.74, 6) is -0.697. The maximum atomic E-state index is 12.2. The number of hydrogen-bond acceptors (Lipinski definition) is 4. The van der Waals surface area contributed by atoms with Gasteiger partial charge < -0.3 is 9.47 Å². The molecule has 0 saturated carbocycles. The van der Waals surface area contributed by atoms with Crippen LogP contribution in [-0.2, 0) is 4.74 Å². The van der Waals surface area contributed by atoms with Gasteiger partial charge in [0.1, 0.15) is 5.75 Å². The van der Waals surface area contributed by atoms with E-state index in [-0.39, 0.29) is 17.2 Å². The average molecular weight is 284 g/mol. The molecule has 0 aliphatic rings. The van der Waals surface area contributed by atoms with Crippen molar-refractivity contribution < 1.29 is 19.1 Å². The molecule has 0 unspecified atom stereocenters. The van der Waals surface area contributed by atoms with Gasteiger partial charge in [-0.15, -0.1) is 0 Å². The molecule has 0 aliphatic heterocycles. The first kappa shape index (κ1) is 14.8. The SMILES string of the molecule is CC(C)OC(=O)c1ccccc1C(=O)Oc1ccccc1. The van der Waals surface area contributed by atoms with Gasteiger partial charge in [-0.2, -0.15) is 0 Å². The standard InChI is InChI=1S/C17H16O4/c1-12(2)20-16(18)14-10-6-7-11-15(14)17(19)21-13-8-4-3-5-9-13/h3-12H,1-2H3. The highest BCUT2D eigenvalue weighted by Crippen LogP contribution is 2.16. The van der Waals surface area contributed by atoms with Crippen molar-refractivity contribution in [2.45, 2.75) is 20.0 Å². The van der Waals surface area contributed by atoms with Crippen LogP contribution in [0.5, 0.6) is 5.75 Å². The number of esters is 2. The van der Waals surface area contributed by atoms with Gasteiger partial charge in [-0.05, 0) is 38.1 Å². The lowest BCUT2D eigenvalue weighted by Gasteiger charge is -2.11. The Labute approximate surface area is 123 Å². The summed E-state index contributed by atoms with van der Waals surface area (Å²) in [4.78, 5) is 24.2. The van der Waals surface area contributed by atoms with Gasteiger partial charge in [0.2, 0.25) is 0 Å². The lowest BCUT2D eigenvalue weighted by molar-refractivity contribution is 0.0372. The van der Waals surface area contributed by atoms with E-state index in [2.05, 4.69) is 0 Å². The van der Waals surface area contributed by atoms with Crippen LogP contribution in [0.15, 0.2) is 54.6 Å². The van der Waals surface area contributed by atoms with Crippen molar-refractivity contribution in [2.24, 2.45) is 0 Å². The van der Waals surface area contributed by atoms with E-state index in [0.29, 0.717) is 5.75 Å². The van der Waals surface area contributed by atoms with Crippen LogP contribution in [-0.4, -0.2) is 18.0 Å². The molecule has 0 radical (unpaired) electrons. The zero-order valence-electron chi connectivity index (χ0n) is 11.9. The highest BCUT2D eigenvalue weighted by atomic mass is 16.5. The molecule has 0 aromatic heterocycles. The molecule has 0 fully saturated rings. The van der Waals surface area contributed by atoms with Gasteiger partial charge in [-0.3, -0.25) is 0 Å². The Morgan fingerprint density at radius 2 is 1.33 bits per heavy atom. The maximum absolute atomic E-state index is 12.2. The third-order valence-electron chi connectivity index (χ3n) is 2.66. The Bertz CT molecular complexity index is 632. The van der Waals surface area contributed by atoms with E-state index in [0.717, 1.165) is 0 Å². The first-order valence-corrected chi connectivity index (χ1v) is 6.65. The van der Waals surface area contributed by atoms with Crippen molar-refractivity contribution in [1.29, 1.82) is 0 Å². The predicted molar refractivity (Wildman–Crippen MR) is 78.4 cm³/mol. The fourth-order valence-corrected chi connectivity index (χ4v) is 1.77. The predicted octanol–water partition coefficient (Wildman–Crippen LogP) is 3.47. The van der Waals surface area contributed by atoms with Gasteiger partial charge in [-0.1, -0.05) is 30.3 Å². The highest BCUT2D eigenvalue weighted by molar-refractivity contribution is 6.03. The summed E-state index contributed by atoms with van der Waals surface area (Å²) in [6, 6.07) is 15.1. The maximum Gasteiger partial charge on any atom is 0.344 e. The highest BCUT2D eigenvalue weighted by Gasteiger charge is 2.20. The molecular weight excluding hydrogens is 268 g/mol. The Kier molecular flexibility index (Phi) is 4.72. The second-order valence-corrected chi connectivity index (χ2v) is 4.70. The minimum absolute atomic E-state index is 0.187. The first-order valence-electron chi connectivity index (χ1n) is 6.65. The number of benzene rings is 2. The average Bonchev–Trinajstić information content (AvgIpc) is 2.47. The molecule has 2 rings (SSSR count). The zero-order chi connectivity index (χ0) is 15.2. The smallest absolute Gasteiger partial charge is 0.344 e. The summed E-state index contributed by atoms with van der Waals surface area (Å²) in [6.07, 6.45) is -0.254. The number of hydrogen-bond donors (Lipinski definition) is 0. The van der Waals surface area contributed by atoms with Crippen molar-refractivity contribution in [2.75, 3.05) is 0 Å². The molecule has 4 nitrogen and oxygen atoms in total. The zero-order valence-corrected chi connectivity index (χ0v) is 11.9. The van der Waals surface area contributed by atoms with E-state index in [1.165, 1.54) is 0 Å². The Balaban J connectivity index is 2.23. The van der Waals surface area contributed by atoms with Gasteiger partial charge in [-0.25, -0.2) is 9.59 Å². The summed E-state index contributed by atoms with van der Waals surface area (Å²) < 4.78 is 10.4. The summed E-state index contributed by atoms with van der Waals surface area (Å²) in [5.41, 5.74) is 0.388. The van der Waals surface area contributed by atoms with Crippen molar-refractivity contribution in [3.8, 4) is 5.75 Å². The van der Waals surface area contributed by atoms with E-state index in [1.54, 1.807) is 62.4 Å². The van der Waals surface area contributed by atoms with Gasteiger partial charge in [0.25, 0.3) is 0 Å². The molecule has 108 valence electrons. The minimum atomic E-state index is -0.586. The van der Waals surface area contributed by atoms with Crippen molar-refractivity contribution in [3.05, 3.63) is 65.7 Å². The largest absolute Gasteiger partial charge is 0.459 e. The van der Waals surface area contributed by atoms with E-state index < -0.39 is 11.9 Å². The molecule has 0 heterocycles. The van der Waals surface area contributed by atoms with Gasteiger partial charge in [0.05, 0.1) is 17.2 Å². The molecule has 0 atom stereocenters. The fourth-order valence-electron chi connectivity index (χ4n) is 1.77. The quantitative estimate of drug-likeness (QED) is 0.637. The number of ether oxygens (including phenoxy) is 2. The van der Waals surface area contributed by atoms with Crippen LogP contribution in [0.3, 0.4) is 0 Å². The van der Waals surface area contributed by atoms with E-state index in [9.17, 15) is 9.59 Å². The fraction of sp³-hybridized carbons (Fsp3) is 0.176. The lowest BCUT2D eigenvalue weighted by Crippen LogP contribution is -2.18. The third-order valence-corrected chi connectivity index (χ3v) is 2.66. The lowest BCUT2D eigenvalue weighted by atomic mass is 10.1. The van der Waals surface area contributed by atoms with Crippen LogP contribution in [0.2, 0.25) is 0 Å². The number of carbonyl (C=O) groups excluding carboxylic acids is 2. The molecule has 0 bridgehead atoms. The number of rotatable bonds is 4. The second kappa shape index (κ2) is 6.70. The van der Waals surface area contributed by atoms with Gasteiger partial charge in [0, 0.05) is 0 Å². The van der Waals surface area contributed by atoms with Gasteiger partial charge in [0.15, 0.2) is 0 Å². The Morgan fingerprint density at radius 3 is 1.90 bits per heavy atom. The molecule has 2 aromatic rings. The monoisotopic (exact) mass is 284 g/mol. The summed E-state index contributed by atoms with van der Waals surface area (Å²) >= 11 is 0. The van der Waals surface area contributed by atoms with Crippen LogP contribution in [0.4, 0.5) is 0 Å². The molecule has 4 heteroatoms. The minimum Gasteiger partial charge on any atom is -0.459 e. The molecule has 2 aromatic carbocycles. The van der Waals surface area contributed by atoms with Crippen LogP contribution < -0.4 is 4.74 Å². The molecule has 0 aliphatic carbocycles. The van der Waals surface area contributed by atoms with Crippen LogP contribution in [0.1, 0.15) is 34.6 Å². The number of para-hydroxylation sites is 1. The summed E-state index contributed by atoms with van der Waals surface area (Å²) in [6.45, 7) is 3.51. The Morgan fingerprint density at radius 1 is 0.810 bits per heavy atom. The molecular formula is C17H16O4. The van der Waals surface area contributed by atoms with Crippen LogP contribution in [0, 0.1) is 0 Å². The molecule has 0 amide bonds. The van der Waals surface area contributed by atoms with E-state index in [1.807, 2.05) is 6.07 Å². The second-order valence-electron chi connectivity index (χ2n) is 4.70. The molecule has 0 saturated heterocycles. The van der Waals surface area contributed by atoms with Crippen molar-refractivity contribution >= 4 is 11.9 Å². The number of carbonyl (C=O) groups is 2. The Hall–Kier alpha value is -2.62. The van der Waals surface area contributed by atoms with Crippen molar-refractivity contribution in [3.63, 3.8) is 0 Å². The van der Waals surface area contributed by atoms with Gasteiger partial charge >= 0.3 is 11.9 Å². The topological polar surface area (TPSA) is 52.6 Å². The van der Waals surface area contributed by atoms with Crippen LogP contribution in [0.25, 0.3) is 0 Å². The summed E-state index contributed by atoms with van der Waals surface area (Å²) in [5, 5.41) is 0. The normalized spacial score (nSPS) is 10.2. The summed E-state index contributed by atoms with van der Waals surface area (Å²) in [7, 11) is 0.